The van der Waals surface area contributed by atoms with Gasteiger partial charge in [-0.1, -0.05) is 13.0 Å². The maximum atomic E-state index is 12.8. The summed E-state index contributed by atoms with van der Waals surface area (Å²) >= 11 is 0. The molecule has 152 valence electrons. The molecule has 0 radical (unpaired) electrons. The third-order valence-corrected chi connectivity index (χ3v) is 5.43. The lowest BCUT2D eigenvalue weighted by Gasteiger charge is -2.37. The van der Waals surface area contributed by atoms with Crippen molar-refractivity contribution < 1.29 is 35.9 Å². The fraction of sp³-hybridized carbons (Fsp3) is 0.833. The molecule has 0 aromatic carbocycles. The summed E-state index contributed by atoms with van der Waals surface area (Å²) in [6.45, 7) is 7.51. The molecule has 2 saturated carbocycles. The molecule has 0 amide bonds. The van der Waals surface area contributed by atoms with E-state index in [4.69, 9.17) is 0 Å². The standard InChI is InChI=1S/C12H16F6.C6H10O2/c1-10(11(13,14)15,12(16,17)18)6-9-5-7-2-3-8(9)4-7;1-4-8-6(7)5(2)3/h7-9H,2-6H2,1H3;2,4H2,1,3H3. The summed E-state index contributed by atoms with van der Waals surface area (Å²) in [6.07, 6.45) is -8.15. The SMILES string of the molecule is C=C(C)C(=O)OCC.CC(CC1CC2CCC1C2)(C(F)(F)F)C(F)(F)F. The molecule has 0 aromatic rings. The normalized spacial score (nSPS) is 25.5. The smallest absolute Gasteiger partial charge is 0.402 e. The molecule has 2 nitrogen and oxygen atoms in total. The fourth-order valence-electron chi connectivity index (χ4n) is 3.80. The molecule has 2 rings (SSSR count). The molecule has 0 spiro atoms. The number of fused-ring (bicyclic) bond motifs is 2. The van der Waals surface area contributed by atoms with Crippen LogP contribution in [-0.4, -0.2) is 24.9 Å². The molecule has 2 fully saturated rings. The molecular weight excluding hydrogens is 362 g/mol. The van der Waals surface area contributed by atoms with Crippen LogP contribution >= 0.6 is 0 Å². The number of rotatable bonds is 4. The maximum Gasteiger partial charge on any atom is 0.402 e. The summed E-state index contributed by atoms with van der Waals surface area (Å²) in [5.74, 6) is -0.311. The molecule has 3 unspecified atom stereocenters. The van der Waals surface area contributed by atoms with Crippen LogP contribution in [0.25, 0.3) is 0 Å². The van der Waals surface area contributed by atoms with Gasteiger partial charge in [-0.15, -0.1) is 0 Å². The van der Waals surface area contributed by atoms with Crippen LogP contribution in [0.3, 0.4) is 0 Å². The fourth-order valence-corrected chi connectivity index (χ4v) is 3.80. The Bertz CT molecular complexity index is 495. The molecule has 26 heavy (non-hydrogen) atoms. The molecule has 2 aliphatic carbocycles. The Balaban J connectivity index is 0.000000359. The summed E-state index contributed by atoms with van der Waals surface area (Å²) in [5.41, 5.74) is -3.11. The first-order valence-electron chi connectivity index (χ1n) is 8.69. The highest BCUT2D eigenvalue weighted by molar-refractivity contribution is 5.86. The van der Waals surface area contributed by atoms with Crippen molar-refractivity contribution in [3.63, 3.8) is 0 Å². The second kappa shape index (κ2) is 8.21. The monoisotopic (exact) mass is 388 g/mol. The van der Waals surface area contributed by atoms with E-state index in [-0.39, 0.29) is 11.9 Å². The Labute approximate surface area is 150 Å². The number of ether oxygens (including phenoxy) is 1. The number of halogens is 6. The van der Waals surface area contributed by atoms with Gasteiger partial charge in [0.05, 0.1) is 6.61 Å². The van der Waals surface area contributed by atoms with Crippen molar-refractivity contribution in [2.24, 2.45) is 23.2 Å². The van der Waals surface area contributed by atoms with Crippen molar-refractivity contribution in [1.29, 1.82) is 0 Å². The number of esters is 1. The van der Waals surface area contributed by atoms with E-state index < -0.39 is 30.1 Å². The van der Waals surface area contributed by atoms with Gasteiger partial charge in [-0.25, -0.2) is 4.79 Å². The maximum absolute atomic E-state index is 12.8. The molecule has 0 aromatic heterocycles. The van der Waals surface area contributed by atoms with Crippen LogP contribution in [0.5, 0.6) is 0 Å². The highest BCUT2D eigenvalue weighted by Crippen LogP contribution is 2.59. The lowest BCUT2D eigenvalue weighted by molar-refractivity contribution is -0.340. The van der Waals surface area contributed by atoms with Gasteiger partial charge >= 0.3 is 18.3 Å². The second-order valence-electron chi connectivity index (χ2n) is 7.47. The van der Waals surface area contributed by atoms with Gasteiger partial charge < -0.3 is 4.74 Å². The first kappa shape index (κ1) is 22.8. The molecule has 2 aliphatic rings. The first-order valence-corrected chi connectivity index (χ1v) is 8.69. The van der Waals surface area contributed by atoms with Crippen molar-refractivity contribution in [2.45, 2.75) is 65.2 Å². The van der Waals surface area contributed by atoms with Gasteiger partial charge in [0.25, 0.3) is 0 Å². The van der Waals surface area contributed by atoms with Gasteiger partial charge in [-0.2, -0.15) is 26.3 Å². The molecule has 0 N–H and O–H groups in total. The Morgan fingerprint density at radius 1 is 1.08 bits per heavy atom. The van der Waals surface area contributed by atoms with Crippen molar-refractivity contribution in [1.82, 2.24) is 0 Å². The van der Waals surface area contributed by atoms with Gasteiger partial charge in [-0.05, 0) is 64.2 Å². The molecule has 0 aliphatic heterocycles. The molecule has 0 saturated heterocycles. The summed E-state index contributed by atoms with van der Waals surface area (Å²) in [6, 6.07) is 0. The summed E-state index contributed by atoms with van der Waals surface area (Å²) in [5, 5.41) is 0. The highest BCUT2D eigenvalue weighted by atomic mass is 19.4. The van der Waals surface area contributed by atoms with Gasteiger partial charge in [0.1, 0.15) is 0 Å². The summed E-state index contributed by atoms with van der Waals surface area (Å²) in [4.78, 5) is 10.4. The van der Waals surface area contributed by atoms with E-state index in [1.165, 1.54) is 0 Å². The zero-order valence-electron chi connectivity index (χ0n) is 15.3. The van der Waals surface area contributed by atoms with Gasteiger partial charge in [0.15, 0.2) is 5.41 Å². The van der Waals surface area contributed by atoms with Crippen molar-refractivity contribution in [3.8, 4) is 0 Å². The summed E-state index contributed by atoms with van der Waals surface area (Å²) in [7, 11) is 0. The molecule has 0 heterocycles. The number of carbonyl (C=O) groups is 1. The van der Waals surface area contributed by atoms with Crippen LogP contribution in [0.15, 0.2) is 12.2 Å². The largest absolute Gasteiger partial charge is 0.463 e. The predicted octanol–water partition coefficient (Wildman–Crippen LogP) is 6.07. The zero-order valence-corrected chi connectivity index (χ0v) is 15.3. The number of alkyl halides is 6. The van der Waals surface area contributed by atoms with Crippen LogP contribution in [0, 0.1) is 23.2 Å². The quantitative estimate of drug-likeness (QED) is 0.332. The van der Waals surface area contributed by atoms with E-state index in [2.05, 4.69) is 11.3 Å². The van der Waals surface area contributed by atoms with E-state index in [1.54, 1.807) is 13.8 Å². The topological polar surface area (TPSA) is 26.3 Å². The molecule has 2 bridgehead atoms. The van der Waals surface area contributed by atoms with Gasteiger partial charge in [0, 0.05) is 5.57 Å². The summed E-state index contributed by atoms with van der Waals surface area (Å²) < 4.78 is 81.2. The molecule has 3 atom stereocenters. The minimum Gasteiger partial charge on any atom is -0.463 e. The van der Waals surface area contributed by atoms with E-state index in [0.29, 0.717) is 31.4 Å². The highest BCUT2D eigenvalue weighted by Gasteiger charge is 2.68. The minimum absolute atomic E-state index is 0.0685. The minimum atomic E-state index is -5.23. The predicted molar refractivity (Wildman–Crippen MR) is 85.2 cm³/mol. The van der Waals surface area contributed by atoms with Crippen LogP contribution in [-0.2, 0) is 9.53 Å². The van der Waals surface area contributed by atoms with E-state index in [9.17, 15) is 31.1 Å². The number of carbonyl (C=O) groups excluding carboxylic acids is 1. The van der Waals surface area contributed by atoms with Crippen molar-refractivity contribution >= 4 is 5.97 Å². The zero-order chi connectivity index (χ0) is 20.3. The lowest BCUT2D eigenvalue weighted by Crippen LogP contribution is -2.49. The Morgan fingerprint density at radius 3 is 1.88 bits per heavy atom. The lowest BCUT2D eigenvalue weighted by atomic mass is 9.74. The number of hydrogen-bond acceptors (Lipinski definition) is 2. The Morgan fingerprint density at radius 2 is 1.62 bits per heavy atom. The molecular formula is C18H26F6O2. The first-order chi connectivity index (χ1) is 11.7. The second-order valence-corrected chi connectivity index (χ2v) is 7.47. The van der Waals surface area contributed by atoms with Crippen molar-refractivity contribution in [2.75, 3.05) is 6.61 Å². The third kappa shape index (κ3) is 5.16. The number of hydrogen-bond donors (Lipinski definition) is 0. The Kier molecular flexibility index (Phi) is 7.21. The van der Waals surface area contributed by atoms with Crippen LogP contribution in [0.2, 0.25) is 0 Å². The average Bonchev–Trinajstić information content (AvgIpc) is 3.08. The van der Waals surface area contributed by atoms with Crippen molar-refractivity contribution in [3.05, 3.63) is 12.2 Å². The van der Waals surface area contributed by atoms with E-state index in [0.717, 1.165) is 19.3 Å². The van der Waals surface area contributed by atoms with Crippen LogP contribution in [0.1, 0.15) is 52.9 Å². The van der Waals surface area contributed by atoms with Crippen LogP contribution in [0.4, 0.5) is 26.3 Å². The average molecular weight is 388 g/mol. The van der Waals surface area contributed by atoms with E-state index in [1.807, 2.05) is 0 Å². The third-order valence-electron chi connectivity index (χ3n) is 5.43. The van der Waals surface area contributed by atoms with E-state index >= 15 is 0 Å². The van der Waals surface area contributed by atoms with Crippen LogP contribution < -0.4 is 0 Å². The Hall–Kier alpha value is -1.21. The molecule has 8 heteroatoms. The van der Waals surface area contributed by atoms with Gasteiger partial charge in [0.2, 0.25) is 0 Å². The van der Waals surface area contributed by atoms with Gasteiger partial charge in [-0.3, -0.25) is 0 Å².